The third-order valence-electron chi connectivity index (χ3n) is 2.77. The van der Waals surface area contributed by atoms with Crippen molar-refractivity contribution in [3.05, 3.63) is 42.0 Å². The number of nitrogens with zero attached hydrogens (tertiary/aromatic N) is 2. The number of aliphatic hydroxyl groups is 2. The van der Waals surface area contributed by atoms with Crippen LogP contribution in [0.3, 0.4) is 0 Å². The Labute approximate surface area is 155 Å². The van der Waals surface area contributed by atoms with Gasteiger partial charge in [0, 0.05) is 37.8 Å². The van der Waals surface area contributed by atoms with Gasteiger partial charge in [0.1, 0.15) is 0 Å². The second-order valence-corrected chi connectivity index (χ2v) is 5.22. The number of ether oxygens (including phenoxy) is 1. The van der Waals surface area contributed by atoms with Gasteiger partial charge in [0.15, 0.2) is 5.88 Å². The molecule has 2 N–H and O–H groups in total. The molecule has 2 unspecified atom stereocenters. The fourth-order valence-electron chi connectivity index (χ4n) is 1.83. The number of aliphatic hydroxyl groups excluding tert-OH is 2. The quantitative estimate of drug-likeness (QED) is 0.615. The first-order chi connectivity index (χ1) is 10.8. The summed E-state index contributed by atoms with van der Waals surface area (Å²) in [6.45, 7) is 5.15. The molecule has 0 aliphatic rings. The van der Waals surface area contributed by atoms with Crippen LogP contribution in [-0.2, 0) is 20.1 Å². The molecule has 1 heterocycles. The number of methoxy groups -OCH3 is 1. The molecule has 2 aromatic rings. The van der Waals surface area contributed by atoms with E-state index in [2.05, 4.69) is 16.0 Å². The second-order valence-electron chi connectivity index (χ2n) is 5.22. The van der Waals surface area contributed by atoms with Gasteiger partial charge in [-0.25, -0.2) is 4.98 Å². The fraction of sp³-hybridized carbons (Fsp3) is 0.412. The molecule has 0 saturated carbocycles. The van der Waals surface area contributed by atoms with Crippen LogP contribution in [0.15, 0.2) is 24.4 Å². The Balaban J connectivity index is 0.000000570. The van der Waals surface area contributed by atoms with Crippen LogP contribution in [0.4, 0.5) is 4.39 Å². The van der Waals surface area contributed by atoms with E-state index in [1.54, 1.807) is 26.1 Å². The SMILES string of the molecule is CC(O)CC(C)O.COc1nc(C)cnc1-c1[c-]cc(F)cc1.[Ir]. The molecule has 135 valence electrons. The van der Waals surface area contributed by atoms with Gasteiger partial charge >= 0.3 is 0 Å². The zero-order valence-electron chi connectivity index (χ0n) is 14.1. The van der Waals surface area contributed by atoms with Crippen LogP contribution in [0.1, 0.15) is 26.0 Å². The summed E-state index contributed by atoms with van der Waals surface area (Å²) in [4.78, 5) is 8.40. The third kappa shape index (κ3) is 7.92. The molecule has 1 aromatic carbocycles. The molecule has 5 nitrogen and oxygen atoms in total. The minimum Gasteiger partial charge on any atom is -0.486 e. The minimum atomic E-state index is -0.375. The van der Waals surface area contributed by atoms with E-state index < -0.39 is 0 Å². The van der Waals surface area contributed by atoms with E-state index in [0.29, 0.717) is 23.6 Å². The standard InChI is InChI=1S/C12H10FN2O.C5H12O2.Ir/c1-8-7-14-11(12(15-8)16-2)9-3-5-10(13)6-4-9;1-4(6)3-5(2)7;/h3,5-7H,1-2H3;4-7H,3H2,1-2H3;/q-1;;. The van der Waals surface area contributed by atoms with Gasteiger partial charge < -0.3 is 14.9 Å². The molecule has 1 radical (unpaired) electrons. The Hall–Kier alpha value is -1.40. The minimum absolute atomic E-state index is 0. The van der Waals surface area contributed by atoms with Crippen molar-refractivity contribution >= 4 is 0 Å². The van der Waals surface area contributed by atoms with E-state index in [-0.39, 0.29) is 38.1 Å². The number of aromatic nitrogens is 2. The molecule has 2 rings (SSSR count). The van der Waals surface area contributed by atoms with E-state index in [9.17, 15) is 4.39 Å². The summed E-state index contributed by atoms with van der Waals surface area (Å²) in [5, 5.41) is 17.1. The molecule has 2 atom stereocenters. The summed E-state index contributed by atoms with van der Waals surface area (Å²) in [7, 11) is 1.52. The van der Waals surface area contributed by atoms with Gasteiger partial charge in [-0.3, -0.25) is 9.37 Å². The number of hydrogen-bond acceptors (Lipinski definition) is 5. The summed E-state index contributed by atoms with van der Waals surface area (Å²) in [5.41, 5.74) is 1.99. The van der Waals surface area contributed by atoms with E-state index in [1.165, 1.54) is 19.2 Å². The van der Waals surface area contributed by atoms with Crippen LogP contribution >= 0.6 is 0 Å². The molecule has 0 spiro atoms. The number of halogens is 1. The largest absolute Gasteiger partial charge is 0.486 e. The molecule has 24 heavy (non-hydrogen) atoms. The Morgan fingerprint density at radius 3 is 2.29 bits per heavy atom. The Bertz CT molecular complexity index is 601. The topological polar surface area (TPSA) is 75.5 Å². The average Bonchev–Trinajstić information content (AvgIpc) is 2.47. The van der Waals surface area contributed by atoms with E-state index in [4.69, 9.17) is 14.9 Å². The zero-order valence-corrected chi connectivity index (χ0v) is 16.5. The van der Waals surface area contributed by atoms with Crippen molar-refractivity contribution in [1.29, 1.82) is 0 Å². The number of rotatable bonds is 4. The summed E-state index contributed by atoms with van der Waals surface area (Å²) in [6.07, 6.45) is 1.36. The van der Waals surface area contributed by atoms with Crippen LogP contribution in [0.2, 0.25) is 0 Å². The zero-order chi connectivity index (χ0) is 17.4. The monoisotopic (exact) mass is 514 g/mol. The average molecular weight is 514 g/mol. The van der Waals surface area contributed by atoms with Crippen molar-refractivity contribution in [3.63, 3.8) is 0 Å². The predicted octanol–water partition coefficient (Wildman–Crippen LogP) is 2.54. The number of hydrogen-bond donors (Lipinski definition) is 2. The number of aryl methyl sites for hydroxylation is 1. The van der Waals surface area contributed by atoms with Crippen molar-refractivity contribution < 1.29 is 39.4 Å². The molecule has 0 aliphatic heterocycles. The van der Waals surface area contributed by atoms with E-state index in [1.807, 2.05) is 6.92 Å². The Morgan fingerprint density at radius 2 is 1.88 bits per heavy atom. The van der Waals surface area contributed by atoms with Gasteiger partial charge in [0.25, 0.3) is 0 Å². The molecule has 0 fully saturated rings. The van der Waals surface area contributed by atoms with Crippen LogP contribution in [0, 0.1) is 18.8 Å². The van der Waals surface area contributed by atoms with Gasteiger partial charge in [0.05, 0.1) is 25.0 Å². The molecule has 7 heteroatoms. The fourth-order valence-corrected chi connectivity index (χ4v) is 1.83. The van der Waals surface area contributed by atoms with Crippen molar-refractivity contribution in [3.8, 4) is 17.1 Å². The maximum Gasteiger partial charge on any atom is 0.194 e. The van der Waals surface area contributed by atoms with E-state index in [0.717, 1.165) is 5.69 Å². The first-order valence-corrected chi connectivity index (χ1v) is 7.24. The molecule has 0 aliphatic carbocycles. The first kappa shape index (κ1) is 22.6. The normalized spacial score (nSPS) is 12.3. The Kier molecular flexibility index (Phi) is 10.6. The van der Waals surface area contributed by atoms with Gasteiger partial charge in [0.2, 0.25) is 0 Å². The summed E-state index contributed by atoms with van der Waals surface area (Å²) >= 11 is 0. The molecular formula is C17H22FIrN2O3-. The van der Waals surface area contributed by atoms with Gasteiger partial charge in [-0.1, -0.05) is 0 Å². The smallest absolute Gasteiger partial charge is 0.194 e. The molecule has 0 bridgehead atoms. The second kappa shape index (κ2) is 11.2. The molecule has 0 saturated heterocycles. The van der Waals surface area contributed by atoms with Gasteiger partial charge in [-0.2, -0.15) is 0 Å². The Morgan fingerprint density at radius 1 is 1.25 bits per heavy atom. The summed E-state index contributed by atoms with van der Waals surface area (Å²) < 4.78 is 17.9. The van der Waals surface area contributed by atoms with Crippen LogP contribution in [-0.4, -0.2) is 39.5 Å². The van der Waals surface area contributed by atoms with Gasteiger partial charge in [-0.05, 0) is 27.2 Å². The van der Waals surface area contributed by atoms with Crippen molar-refractivity contribution in [1.82, 2.24) is 9.97 Å². The maximum atomic E-state index is 12.8. The predicted molar refractivity (Wildman–Crippen MR) is 85.5 cm³/mol. The third-order valence-corrected chi connectivity index (χ3v) is 2.77. The van der Waals surface area contributed by atoms with Gasteiger partial charge in [-0.15, -0.1) is 29.8 Å². The number of benzene rings is 1. The summed E-state index contributed by atoms with van der Waals surface area (Å²) in [6, 6.07) is 7.00. The maximum absolute atomic E-state index is 12.8. The van der Waals surface area contributed by atoms with Crippen molar-refractivity contribution in [2.45, 2.75) is 39.4 Å². The molecule has 0 amide bonds. The molecular weight excluding hydrogens is 491 g/mol. The van der Waals surface area contributed by atoms with E-state index >= 15 is 0 Å². The van der Waals surface area contributed by atoms with Crippen molar-refractivity contribution in [2.24, 2.45) is 0 Å². The van der Waals surface area contributed by atoms with Crippen LogP contribution in [0.25, 0.3) is 11.3 Å². The van der Waals surface area contributed by atoms with Crippen LogP contribution < -0.4 is 4.74 Å². The van der Waals surface area contributed by atoms with Crippen LogP contribution in [0.5, 0.6) is 5.88 Å². The van der Waals surface area contributed by atoms with Crippen molar-refractivity contribution in [2.75, 3.05) is 7.11 Å². The summed E-state index contributed by atoms with van der Waals surface area (Å²) in [5.74, 6) is 0.0886. The molecule has 1 aromatic heterocycles. The first-order valence-electron chi connectivity index (χ1n) is 7.24.